The minimum Gasteiger partial charge on any atom is -0.490 e. The Balaban J connectivity index is 2.20. The Morgan fingerprint density at radius 2 is 1.90 bits per heavy atom. The van der Waals surface area contributed by atoms with E-state index in [0.717, 1.165) is 15.1 Å². The monoisotopic (exact) mass is 355 g/mol. The summed E-state index contributed by atoms with van der Waals surface area (Å²) in [4.78, 5) is 4.89. The second-order valence-electron chi connectivity index (χ2n) is 5.72. The number of thiazole rings is 1. The Morgan fingerprint density at radius 1 is 1.25 bits per heavy atom. The fraction of sp³-hybridized carbons (Fsp3) is 0.400. The molecule has 0 amide bonds. The molecule has 2 rings (SSSR count). The maximum atomic E-state index is 11.1. The fourth-order valence-corrected chi connectivity index (χ4v) is 2.98. The molecule has 1 N–H and O–H groups in total. The van der Waals surface area contributed by atoms with E-state index in [1.54, 1.807) is 11.7 Å². The highest BCUT2D eigenvalue weighted by atomic mass is 79.9. The molecule has 0 bridgehead atoms. The lowest BCUT2D eigenvalue weighted by Crippen LogP contribution is -2.44. The molecule has 2 aromatic rings. The standard InChI is InChI=1S/C15H18BrNO2S/c1-14(2,3)15(18,13-8-17-10-20-13)9-19-12-6-4-11(16)5-7-12/h4-8,10,18H,9H2,1-3H3. The summed E-state index contributed by atoms with van der Waals surface area (Å²) >= 11 is 4.83. The van der Waals surface area contributed by atoms with Crippen LogP contribution in [0.5, 0.6) is 5.75 Å². The van der Waals surface area contributed by atoms with E-state index < -0.39 is 5.60 Å². The van der Waals surface area contributed by atoms with Gasteiger partial charge in [-0.1, -0.05) is 36.7 Å². The van der Waals surface area contributed by atoms with Crippen molar-refractivity contribution in [2.24, 2.45) is 5.41 Å². The molecule has 20 heavy (non-hydrogen) atoms. The third-order valence-electron chi connectivity index (χ3n) is 3.34. The Morgan fingerprint density at radius 3 is 2.40 bits per heavy atom. The van der Waals surface area contributed by atoms with E-state index in [-0.39, 0.29) is 12.0 Å². The summed E-state index contributed by atoms with van der Waals surface area (Å²) in [6.45, 7) is 6.19. The summed E-state index contributed by atoms with van der Waals surface area (Å²) in [7, 11) is 0. The van der Waals surface area contributed by atoms with Crippen LogP contribution in [0.4, 0.5) is 0 Å². The minimum atomic E-state index is -1.07. The molecule has 1 aromatic heterocycles. The van der Waals surface area contributed by atoms with Gasteiger partial charge in [-0.2, -0.15) is 0 Å². The van der Waals surface area contributed by atoms with Crippen molar-refractivity contribution in [2.75, 3.05) is 6.61 Å². The van der Waals surface area contributed by atoms with Gasteiger partial charge in [-0.3, -0.25) is 4.98 Å². The van der Waals surface area contributed by atoms with Crippen molar-refractivity contribution in [3.05, 3.63) is 45.3 Å². The molecule has 5 heteroatoms. The molecule has 0 spiro atoms. The van der Waals surface area contributed by atoms with Crippen molar-refractivity contribution in [1.82, 2.24) is 4.98 Å². The molecular formula is C15H18BrNO2S. The number of halogens is 1. The lowest BCUT2D eigenvalue weighted by molar-refractivity contribution is -0.0918. The third kappa shape index (κ3) is 3.22. The SMILES string of the molecule is CC(C)(C)C(O)(COc1ccc(Br)cc1)c1cncs1. The second kappa shape index (κ2) is 5.84. The maximum absolute atomic E-state index is 11.1. The second-order valence-corrected chi connectivity index (χ2v) is 7.52. The zero-order valence-electron chi connectivity index (χ0n) is 11.8. The first-order valence-corrected chi connectivity index (χ1v) is 8.00. The summed E-state index contributed by atoms with van der Waals surface area (Å²) in [6.07, 6.45) is 1.71. The van der Waals surface area contributed by atoms with Gasteiger partial charge in [0.15, 0.2) is 0 Å². The van der Waals surface area contributed by atoms with Crippen molar-refractivity contribution >= 4 is 27.3 Å². The number of hydrogen-bond acceptors (Lipinski definition) is 4. The number of hydrogen-bond donors (Lipinski definition) is 1. The van der Waals surface area contributed by atoms with Crippen LogP contribution < -0.4 is 4.74 Å². The molecule has 0 radical (unpaired) electrons. The average Bonchev–Trinajstić information content (AvgIpc) is 2.90. The molecule has 1 heterocycles. The molecule has 0 saturated carbocycles. The number of aromatic nitrogens is 1. The fourth-order valence-electron chi connectivity index (χ4n) is 1.80. The minimum absolute atomic E-state index is 0.195. The molecule has 1 unspecified atom stereocenters. The molecule has 108 valence electrons. The lowest BCUT2D eigenvalue weighted by Gasteiger charge is -2.38. The van der Waals surface area contributed by atoms with Gasteiger partial charge in [-0.15, -0.1) is 11.3 Å². The van der Waals surface area contributed by atoms with Crippen LogP contribution in [0.1, 0.15) is 25.6 Å². The first kappa shape index (κ1) is 15.5. The number of aliphatic hydroxyl groups is 1. The van der Waals surface area contributed by atoms with Crippen LogP contribution in [0.15, 0.2) is 40.4 Å². The number of rotatable bonds is 4. The lowest BCUT2D eigenvalue weighted by atomic mass is 9.76. The van der Waals surface area contributed by atoms with Crippen LogP contribution >= 0.6 is 27.3 Å². The molecule has 3 nitrogen and oxygen atoms in total. The van der Waals surface area contributed by atoms with Gasteiger partial charge in [-0.05, 0) is 29.7 Å². The van der Waals surface area contributed by atoms with E-state index in [9.17, 15) is 5.11 Å². The summed E-state index contributed by atoms with van der Waals surface area (Å²) in [6, 6.07) is 7.58. The van der Waals surface area contributed by atoms with E-state index in [0.29, 0.717) is 0 Å². The highest BCUT2D eigenvalue weighted by Crippen LogP contribution is 2.41. The molecule has 0 aliphatic heterocycles. The zero-order valence-corrected chi connectivity index (χ0v) is 14.2. The van der Waals surface area contributed by atoms with E-state index in [1.165, 1.54) is 11.3 Å². The van der Waals surface area contributed by atoms with E-state index in [1.807, 2.05) is 45.0 Å². The summed E-state index contributed by atoms with van der Waals surface area (Å²) in [5.74, 6) is 0.736. The Hall–Kier alpha value is -0.910. The topological polar surface area (TPSA) is 42.4 Å². The largest absolute Gasteiger partial charge is 0.490 e. The number of nitrogens with zero attached hydrogens (tertiary/aromatic N) is 1. The highest BCUT2D eigenvalue weighted by molar-refractivity contribution is 9.10. The Kier molecular flexibility index (Phi) is 4.52. The molecule has 0 aliphatic carbocycles. The van der Waals surface area contributed by atoms with Gasteiger partial charge in [0.25, 0.3) is 0 Å². The van der Waals surface area contributed by atoms with Crippen LogP contribution in [-0.4, -0.2) is 16.7 Å². The van der Waals surface area contributed by atoms with Gasteiger partial charge in [0.1, 0.15) is 18.0 Å². The number of ether oxygens (including phenoxy) is 1. The van der Waals surface area contributed by atoms with Crippen LogP contribution in [-0.2, 0) is 5.60 Å². The van der Waals surface area contributed by atoms with E-state index >= 15 is 0 Å². The summed E-state index contributed by atoms with van der Waals surface area (Å²) < 4.78 is 6.78. The first-order chi connectivity index (χ1) is 9.33. The predicted octanol–water partition coefficient (Wildman–Crippen LogP) is 4.22. The van der Waals surface area contributed by atoms with Gasteiger partial charge in [0.05, 0.1) is 10.4 Å². The third-order valence-corrected chi connectivity index (χ3v) is 4.79. The molecular weight excluding hydrogens is 338 g/mol. The maximum Gasteiger partial charge on any atom is 0.139 e. The first-order valence-electron chi connectivity index (χ1n) is 6.33. The van der Waals surface area contributed by atoms with Gasteiger partial charge in [0.2, 0.25) is 0 Å². The van der Waals surface area contributed by atoms with Crippen molar-refractivity contribution < 1.29 is 9.84 Å². The van der Waals surface area contributed by atoms with Crippen molar-refractivity contribution in [2.45, 2.75) is 26.4 Å². The molecule has 1 atom stereocenters. The van der Waals surface area contributed by atoms with Gasteiger partial charge >= 0.3 is 0 Å². The normalized spacial score (nSPS) is 14.8. The van der Waals surface area contributed by atoms with Crippen LogP contribution in [0.3, 0.4) is 0 Å². The highest BCUT2D eigenvalue weighted by Gasteiger charge is 2.43. The molecule has 0 fully saturated rings. The Bertz CT molecular complexity index is 548. The van der Waals surface area contributed by atoms with E-state index in [2.05, 4.69) is 20.9 Å². The number of benzene rings is 1. The average molecular weight is 356 g/mol. The van der Waals surface area contributed by atoms with Crippen LogP contribution in [0.2, 0.25) is 0 Å². The summed E-state index contributed by atoms with van der Waals surface area (Å²) in [5, 5.41) is 11.1. The molecule has 0 saturated heterocycles. The molecule has 0 aliphatic rings. The van der Waals surface area contributed by atoms with Gasteiger partial charge in [0, 0.05) is 10.7 Å². The zero-order chi connectivity index (χ0) is 14.8. The van der Waals surface area contributed by atoms with Crippen molar-refractivity contribution in [1.29, 1.82) is 0 Å². The Labute approximate surface area is 131 Å². The van der Waals surface area contributed by atoms with Crippen molar-refractivity contribution in [3.8, 4) is 5.75 Å². The smallest absolute Gasteiger partial charge is 0.139 e. The summed E-state index contributed by atoms with van der Waals surface area (Å²) in [5.41, 5.74) is 0.307. The van der Waals surface area contributed by atoms with E-state index in [4.69, 9.17) is 4.74 Å². The quantitative estimate of drug-likeness (QED) is 0.892. The molecule has 1 aromatic carbocycles. The predicted molar refractivity (Wildman–Crippen MR) is 85.1 cm³/mol. The van der Waals surface area contributed by atoms with Crippen LogP contribution in [0, 0.1) is 5.41 Å². The van der Waals surface area contributed by atoms with Gasteiger partial charge < -0.3 is 9.84 Å². The van der Waals surface area contributed by atoms with Crippen LogP contribution in [0.25, 0.3) is 0 Å². The van der Waals surface area contributed by atoms with Crippen molar-refractivity contribution in [3.63, 3.8) is 0 Å². The van der Waals surface area contributed by atoms with Gasteiger partial charge in [-0.25, -0.2) is 0 Å².